The highest BCUT2D eigenvalue weighted by Gasteiger charge is 2.41. The molecule has 0 aromatic heterocycles. The number of benzene rings is 2. The molecular weight excluding hydrogens is 416 g/mol. The highest BCUT2D eigenvalue weighted by atomic mass is 32.2. The van der Waals surface area contributed by atoms with E-state index in [1.54, 1.807) is 12.1 Å². The van der Waals surface area contributed by atoms with Crippen molar-refractivity contribution < 1.29 is 26.4 Å². The first-order chi connectivity index (χ1) is 13.7. The number of nitrogens with zero attached hydrogens (tertiary/aromatic N) is 1. The summed E-state index contributed by atoms with van der Waals surface area (Å²) in [6, 6.07) is 11.0. The van der Waals surface area contributed by atoms with Gasteiger partial charge in [-0.2, -0.15) is 4.31 Å². The average molecular weight is 439 g/mol. The number of ether oxygens (including phenoxy) is 1. The lowest BCUT2D eigenvalue weighted by molar-refractivity contribution is -0.144. The molecule has 0 bridgehead atoms. The lowest BCUT2D eigenvalue weighted by Gasteiger charge is -2.23. The number of carbonyl (C=O) groups excluding carboxylic acids is 1. The van der Waals surface area contributed by atoms with Gasteiger partial charge in [0.1, 0.15) is 10.9 Å². The third-order valence-corrected chi connectivity index (χ3v) is 8.07. The molecule has 0 aliphatic carbocycles. The summed E-state index contributed by atoms with van der Waals surface area (Å²) in [4.78, 5) is 11.8. The van der Waals surface area contributed by atoms with E-state index in [0.29, 0.717) is 12.8 Å². The zero-order valence-electron chi connectivity index (χ0n) is 16.0. The fourth-order valence-electron chi connectivity index (χ4n) is 3.22. The largest absolute Gasteiger partial charge is 0.468 e. The molecule has 1 aliphatic rings. The Hall–Kier alpha value is -2.43. The Kier molecular flexibility index (Phi) is 5.97. The molecule has 0 saturated carbocycles. The molecule has 10 heteroatoms. The van der Waals surface area contributed by atoms with Gasteiger partial charge in [-0.05, 0) is 44.0 Å². The van der Waals surface area contributed by atoms with Crippen molar-refractivity contribution in [1.82, 2.24) is 4.31 Å². The number of methoxy groups -OCH3 is 1. The fraction of sp³-hybridized carbons (Fsp3) is 0.316. The van der Waals surface area contributed by atoms with Crippen LogP contribution in [-0.4, -0.2) is 46.8 Å². The van der Waals surface area contributed by atoms with Crippen LogP contribution in [0.15, 0.2) is 58.3 Å². The molecule has 0 spiro atoms. The van der Waals surface area contributed by atoms with Crippen molar-refractivity contribution in [2.24, 2.45) is 0 Å². The summed E-state index contributed by atoms with van der Waals surface area (Å²) in [7, 11) is -6.92. The number of hydrogen-bond donors (Lipinski definition) is 1. The number of rotatable bonds is 6. The number of carbonyl (C=O) groups is 1. The van der Waals surface area contributed by atoms with Crippen LogP contribution in [0.4, 0.5) is 5.69 Å². The smallest absolute Gasteiger partial charge is 0.324 e. The van der Waals surface area contributed by atoms with Gasteiger partial charge in [0.25, 0.3) is 10.0 Å². The molecule has 0 radical (unpaired) electrons. The molecule has 1 N–H and O–H groups in total. The summed E-state index contributed by atoms with van der Waals surface area (Å²) in [6.45, 7) is 1.99. The van der Waals surface area contributed by atoms with Crippen molar-refractivity contribution in [2.45, 2.75) is 35.6 Å². The normalized spacial score (nSPS) is 17.8. The second-order valence-electron chi connectivity index (χ2n) is 6.71. The highest BCUT2D eigenvalue weighted by Crippen LogP contribution is 2.31. The number of esters is 1. The van der Waals surface area contributed by atoms with Gasteiger partial charge in [-0.3, -0.25) is 9.52 Å². The number of para-hydroxylation sites is 1. The molecule has 2 aromatic carbocycles. The lowest BCUT2D eigenvalue weighted by Crippen LogP contribution is -2.41. The summed E-state index contributed by atoms with van der Waals surface area (Å²) < 4.78 is 60.1. The molecule has 8 nitrogen and oxygen atoms in total. The van der Waals surface area contributed by atoms with E-state index in [9.17, 15) is 21.6 Å². The molecule has 1 unspecified atom stereocenters. The Bertz CT molecular complexity index is 1110. The predicted molar refractivity (Wildman–Crippen MR) is 107 cm³/mol. The van der Waals surface area contributed by atoms with Crippen LogP contribution in [0, 0.1) is 6.92 Å². The van der Waals surface area contributed by atoms with E-state index < -0.39 is 32.1 Å². The zero-order valence-corrected chi connectivity index (χ0v) is 17.7. The first kappa shape index (κ1) is 21.3. The second kappa shape index (κ2) is 8.13. The van der Waals surface area contributed by atoms with Gasteiger partial charge in [0.2, 0.25) is 10.0 Å². The van der Waals surface area contributed by atoms with Gasteiger partial charge in [0, 0.05) is 6.54 Å². The molecule has 1 atom stereocenters. The molecule has 1 heterocycles. The standard InChI is InChI=1S/C19H22N2O6S2/c1-14-9-11-15(12-10-14)28(23,24)20-16-6-3-4-8-18(16)29(25,26)21-13-5-7-17(21)19(22)27-2/h3-4,6,8-12,17,20H,5,7,13H2,1-2H3. The van der Waals surface area contributed by atoms with E-state index in [4.69, 9.17) is 4.74 Å². The maximum Gasteiger partial charge on any atom is 0.324 e. The third-order valence-electron chi connectivity index (χ3n) is 4.73. The van der Waals surface area contributed by atoms with Gasteiger partial charge < -0.3 is 4.74 Å². The minimum absolute atomic E-state index is 0.0175. The maximum atomic E-state index is 13.2. The van der Waals surface area contributed by atoms with E-state index in [2.05, 4.69) is 4.72 Å². The molecule has 3 rings (SSSR count). The number of hydrogen-bond acceptors (Lipinski definition) is 6. The van der Waals surface area contributed by atoms with E-state index in [0.717, 1.165) is 9.87 Å². The number of aryl methyl sites for hydroxylation is 1. The van der Waals surface area contributed by atoms with Crippen LogP contribution in [0.5, 0.6) is 0 Å². The Labute approximate surface area is 170 Å². The van der Waals surface area contributed by atoms with Crippen molar-refractivity contribution in [3.63, 3.8) is 0 Å². The van der Waals surface area contributed by atoms with Gasteiger partial charge >= 0.3 is 5.97 Å². The van der Waals surface area contributed by atoms with Gasteiger partial charge in [-0.1, -0.05) is 29.8 Å². The number of nitrogens with one attached hydrogen (secondary N) is 1. The molecule has 2 aromatic rings. The Morgan fingerprint density at radius 1 is 1.07 bits per heavy atom. The monoisotopic (exact) mass is 438 g/mol. The molecule has 1 aliphatic heterocycles. The highest BCUT2D eigenvalue weighted by molar-refractivity contribution is 7.93. The van der Waals surface area contributed by atoms with Gasteiger partial charge in [-0.25, -0.2) is 16.8 Å². The third kappa shape index (κ3) is 4.29. The minimum atomic E-state index is -4.13. The summed E-state index contributed by atoms with van der Waals surface area (Å²) in [5, 5.41) is 0. The Morgan fingerprint density at radius 3 is 2.38 bits per heavy atom. The van der Waals surface area contributed by atoms with E-state index in [1.165, 1.54) is 43.5 Å². The second-order valence-corrected chi connectivity index (χ2v) is 10.3. The van der Waals surface area contributed by atoms with E-state index in [1.807, 2.05) is 6.92 Å². The summed E-state index contributed by atoms with van der Waals surface area (Å²) in [6.07, 6.45) is 0.861. The van der Waals surface area contributed by atoms with Crippen molar-refractivity contribution in [1.29, 1.82) is 0 Å². The maximum absolute atomic E-state index is 13.2. The SMILES string of the molecule is COC(=O)C1CCCN1S(=O)(=O)c1ccccc1NS(=O)(=O)c1ccc(C)cc1. The first-order valence-corrected chi connectivity index (χ1v) is 11.9. The van der Waals surface area contributed by atoms with Crippen LogP contribution in [0.2, 0.25) is 0 Å². The molecule has 0 amide bonds. The molecule has 1 saturated heterocycles. The molecular formula is C19H22N2O6S2. The summed E-state index contributed by atoms with van der Waals surface area (Å²) >= 11 is 0. The van der Waals surface area contributed by atoms with Gasteiger partial charge in [0.15, 0.2) is 0 Å². The predicted octanol–water partition coefficient (Wildman–Crippen LogP) is 2.12. The van der Waals surface area contributed by atoms with Crippen LogP contribution in [0.3, 0.4) is 0 Å². The lowest BCUT2D eigenvalue weighted by atomic mass is 10.2. The van der Waals surface area contributed by atoms with Crippen LogP contribution < -0.4 is 4.72 Å². The van der Waals surface area contributed by atoms with Crippen molar-refractivity contribution in [3.05, 3.63) is 54.1 Å². The average Bonchev–Trinajstić information content (AvgIpc) is 3.18. The topological polar surface area (TPSA) is 110 Å². The van der Waals surface area contributed by atoms with Gasteiger partial charge in [-0.15, -0.1) is 0 Å². The van der Waals surface area contributed by atoms with Crippen molar-refractivity contribution in [3.8, 4) is 0 Å². The van der Waals surface area contributed by atoms with Gasteiger partial charge in [0.05, 0.1) is 17.7 Å². The van der Waals surface area contributed by atoms with Crippen molar-refractivity contribution >= 4 is 31.7 Å². The molecule has 156 valence electrons. The van der Waals surface area contributed by atoms with Crippen LogP contribution in [-0.2, 0) is 29.6 Å². The summed E-state index contributed by atoms with van der Waals surface area (Å²) in [5.41, 5.74) is 0.818. The van der Waals surface area contributed by atoms with Crippen LogP contribution in [0.25, 0.3) is 0 Å². The number of sulfonamides is 2. The van der Waals surface area contributed by atoms with Crippen LogP contribution >= 0.6 is 0 Å². The minimum Gasteiger partial charge on any atom is -0.468 e. The summed E-state index contributed by atoms with van der Waals surface area (Å²) in [5.74, 6) is -0.635. The molecule has 1 fully saturated rings. The Morgan fingerprint density at radius 2 is 1.72 bits per heavy atom. The fourth-order valence-corrected chi connectivity index (χ4v) is 6.16. The van der Waals surface area contributed by atoms with E-state index >= 15 is 0 Å². The van der Waals surface area contributed by atoms with Crippen molar-refractivity contribution in [2.75, 3.05) is 18.4 Å². The first-order valence-electron chi connectivity index (χ1n) is 8.95. The van der Waals surface area contributed by atoms with Crippen LogP contribution in [0.1, 0.15) is 18.4 Å². The molecule has 29 heavy (non-hydrogen) atoms. The zero-order chi connectivity index (χ0) is 21.2. The van der Waals surface area contributed by atoms with E-state index in [-0.39, 0.29) is 22.0 Å². The quantitative estimate of drug-likeness (QED) is 0.692. The Balaban J connectivity index is 1.98. The number of anilines is 1.